The van der Waals surface area contributed by atoms with Crippen LogP contribution in [0, 0.1) is 0 Å². The highest BCUT2D eigenvalue weighted by atomic mass is 16.6. The lowest BCUT2D eigenvalue weighted by molar-refractivity contribution is 0.0574. The summed E-state index contributed by atoms with van der Waals surface area (Å²) in [6.45, 7) is 0.716. The number of aryl methyl sites for hydroxylation is 1. The van der Waals surface area contributed by atoms with Crippen molar-refractivity contribution >= 4 is 5.91 Å². The van der Waals surface area contributed by atoms with Crippen molar-refractivity contribution in [2.24, 2.45) is 7.05 Å². The molecule has 0 aliphatic carbocycles. The van der Waals surface area contributed by atoms with Gasteiger partial charge in [0.05, 0.1) is 12.2 Å². The molecule has 0 radical (unpaired) electrons. The van der Waals surface area contributed by atoms with Gasteiger partial charge in [-0.2, -0.15) is 5.10 Å². The van der Waals surface area contributed by atoms with Gasteiger partial charge in [0.1, 0.15) is 5.75 Å². The second-order valence-corrected chi connectivity index (χ2v) is 6.49. The molecule has 3 heterocycles. The summed E-state index contributed by atoms with van der Waals surface area (Å²) in [5.74, 6) is 1.18. The first-order valence-corrected chi connectivity index (χ1v) is 8.83. The number of hydrogen-bond acceptors (Lipinski definition) is 4. The maximum atomic E-state index is 13.0. The van der Waals surface area contributed by atoms with E-state index in [0.29, 0.717) is 24.0 Å². The smallest absolute Gasteiger partial charge is 0.290 e. The van der Waals surface area contributed by atoms with E-state index in [4.69, 9.17) is 9.15 Å². The van der Waals surface area contributed by atoms with Crippen LogP contribution in [0.2, 0.25) is 0 Å². The Morgan fingerprint density at radius 3 is 2.81 bits per heavy atom. The molecule has 26 heavy (non-hydrogen) atoms. The minimum atomic E-state index is -0.110. The van der Waals surface area contributed by atoms with Crippen molar-refractivity contribution in [3.05, 3.63) is 66.2 Å². The van der Waals surface area contributed by atoms with Crippen molar-refractivity contribution < 1.29 is 13.9 Å². The normalized spacial score (nSPS) is 17.3. The molecule has 0 bridgehead atoms. The largest absolute Gasteiger partial charge is 0.426 e. The predicted molar refractivity (Wildman–Crippen MR) is 96.1 cm³/mol. The van der Waals surface area contributed by atoms with E-state index in [9.17, 15) is 4.79 Å². The topological polar surface area (TPSA) is 60.5 Å². The van der Waals surface area contributed by atoms with Gasteiger partial charge in [0.15, 0.2) is 5.76 Å². The maximum absolute atomic E-state index is 13.0. The molecule has 3 aromatic rings. The van der Waals surface area contributed by atoms with Crippen molar-refractivity contribution in [2.45, 2.75) is 25.3 Å². The first kappa shape index (κ1) is 16.4. The lowest BCUT2D eigenvalue weighted by Gasteiger charge is -2.34. The first-order chi connectivity index (χ1) is 12.7. The summed E-state index contributed by atoms with van der Waals surface area (Å²) in [5, 5.41) is 4.24. The molecule has 0 spiro atoms. The van der Waals surface area contributed by atoms with E-state index in [0.717, 1.165) is 24.8 Å². The quantitative estimate of drug-likeness (QED) is 0.708. The minimum absolute atomic E-state index is 0.0357. The molecule has 1 aliphatic heterocycles. The minimum Gasteiger partial charge on any atom is -0.426 e. The molecule has 134 valence electrons. The average molecular weight is 351 g/mol. The Morgan fingerprint density at radius 1 is 1.19 bits per heavy atom. The highest BCUT2D eigenvalue weighted by Crippen LogP contribution is 2.33. The second kappa shape index (κ2) is 7.07. The van der Waals surface area contributed by atoms with Crippen LogP contribution in [0.3, 0.4) is 0 Å². The molecule has 2 aromatic heterocycles. The van der Waals surface area contributed by atoms with E-state index in [1.165, 1.54) is 0 Å². The van der Waals surface area contributed by atoms with E-state index in [2.05, 4.69) is 5.10 Å². The van der Waals surface area contributed by atoms with E-state index >= 15 is 0 Å². The fraction of sp³-hybridized carbons (Fsp3) is 0.300. The van der Waals surface area contributed by atoms with E-state index in [1.54, 1.807) is 16.8 Å². The van der Waals surface area contributed by atoms with Crippen molar-refractivity contribution in [1.82, 2.24) is 14.7 Å². The predicted octanol–water partition coefficient (Wildman–Crippen LogP) is 4.17. The van der Waals surface area contributed by atoms with Crippen LogP contribution in [0.4, 0.5) is 0 Å². The Hall–Kier alpha value is -3.02. The van der Waals surface area contributed by atoms with Crippen molar-refractivity contribution in [1.29, 1.82) is 0 Å². The van der Waals surface area contributed by atoms with E-state index in [-0.39, 0.29) is 11.9 Å². The molecule has 1 saturated heterocycles. The molecule has 0 saturated carbocycles. The fourth-order valence-electron chi connectivity index (χ4n) is 3.37. The average Bonchev–Trinajstić information content (AvgIpc) is 3.31. The lowest BCUT2D eigenvalue weighted by atomic mass is 9.97. The molecule has 6 nitrogen and oxygen atoms in total. The summed E-state index contributed by atoms with van der Waals surface area (Å²) in [4.78, 5) is 14.9. The Balaban J connectivity index is 1.52. The fourth-order valence-corrected chi connectivity index (χ4v) is 3.37. The molecule has 1 aromatic carbocycles. The van der Waals surface area contributed by atoms with Crippen LogP contribution >= 0.6 is 0 Å². The zero-order chi connectivity index (χ0) is 17.9. The van der Waals surface area contributed by atoms with Crippen LogP contribution in [0.25, 0.3) is 0 Å². The Morgan fingerprint density at radius 2 is 2.04 bits per heavy atom. The number of hydrogen-bond donors (Lipinski definition) is 0. The molecular weight excluding hydrogens is 330 g/mol. The number of nitrogens with zero attached hydrogens (tertiary/aromatic N) is 3. The third kappa shape index (κ3) is 3.35. The van der Waals surface area contributed by atoms with Gasteiger partial charge < -0.3 is 14.1 Å². The number of amides is 1. The van der Waals surface area contributed by atoms with Gasteiger partial charge in [0, 0.05) is 31.4 Å². The van der Waals surface area contributed by atoms with Crippen LogP contribution in [0.5, 0.6) is 11.7 Å². The summed E-state index contributed by atoms with van der Waals surface area (Å²) in [5.41, 5.74) is 1.06. The van der Waals surface area contributed by atoms with Crippen molar-refractivity contribution in [3.8, 4) is 11.7 Å². The van der Waals surface area contributed by atoms with Crippen LogP contribution in [-0.4, -0.2) is 27.1 Å². The van der Waals surface area contributed by atoms with Crippen LogP contribution < -0.4 is 4.74 Å². The monoisotopic (exact) mass is 351 g/mol. The number of furan rings is 1. The Kier molecular flexibility index (Phi) is 4.48. The van der Waals surface area contributed by atoms with Gasteiger partial charge in [0.25, 0.3) is 11.9 Å². The number of rotatable bonds is 4. The van der Waals surface area contributed by atoms with E-state index in [1.807, 2.05) is 54.7 Å². The van der Waals surface area contributed by atoms with Crippen molar-refractivity contribution in [3.63, 3.8) is 0 Å². The molecule has 0 N–H and O–H groups in total. The Labute approximate surface area is 152 Å². The molecular formula is C20H21N3O3. The third-order valence-corrected chi connectivity index (χ3v) is 4.63. The summed E-state index contributed by atoms with van der Waals surface area (Å²) in [6, 6.07) is 12.8. The van der Waals surface area contributed by atoms with Gasteiger partial charge in [0.2, 0.25) is 0 Å². The number of piperidine rings is 1. The lowest BCUT2D eigenvalue weighted by Crippen LogP contribution is -2.38. The SMILES string of the molecule is Cn1cc(C2CCCCN2C(=O)c2ccc(Oc3ccccc3)o2)cn1. The van der Waals surface area contributed by atoms with Gasteiger partial charge in [-0.05, 0) is 37.5 Å². The standard InChI is InChI=1S/C20H21N3O3/c1-22-14-15(13-21-22)17-9-5-6-12-23(17)20(24)18-10-11-19(26-18)25-16-7-3-2-4-8-16/h2-4,7-8,10-11,13-14,17H,5-6,9,12H2,1H3. The van der Waals surface area contributed by atoms with Crippen molar-refractivity contribution in [2.75, 3.05) is 6.54 Å². The number of aromatic nitrogens is 2. The second-order valence-electron chi connectivity index (χ2n) is 6.49. The molecule has 1 amide bonds. The van der Waals surface area contributed by atoms with Gasteiger partial charge in [-0.25, -0.2) is 0 Å². The first-order valence-electron chi connectivity index (χ1n) is 8.83. The number of para-hydroxylation sites is 1. The van der Waals surface area contributed by atoms with Gasteiger partial charge in [-0.3, -0.25) is 9.48 Å². The zero-order valence-electron chi connectivity index (χ0n) is 14.7. The highest BCUT2D eigenvalue weighted by Gasteiger charge is 2.31. The van der Waals surface area contributed by atoms with Gasteiger partial charge in [-0.15, -0.1) is 0 Å². The number of benzene rings is 1. The summed E-state index contributed by atoms with van der Waals surface area (Å²) < 4.78 is 13.1. The molecule has 6 heteroatoms. The zero-order valence-corrected chi connectivity index (χ0v) is 14.7. The van der Waals surface area contributed by atoms with Crippen LogP contribution in [-0.2, 0) is 7.05 Å². The summed E-state index contributed by atoms with van der Waals surface area (Å²) in [7, 11) is 1.89. The van der Waals surface area contributed by atoms with E-state index < -0.39 is 0 Å². The Bertz CT molecular complexity index is 885. The van der Waals surface area contributed by atoms with Crippen LogP contribution in [0.1, 0.15) is 41.4 Å². The highest BCUT2D eigenvalue weighted by molar-refractivity contribution is 5.92. The molecule has 4 rings (SSSR count). The van der Waals surface area contributed by atoms with Gasteiger partial charge >= 0.3 is 0 Å². The number of likely N-dealkylation sites (tertiary alicyclic amines) is 1. The molecule has 1 aliphatic rings. The molecule has 1 atom stereocenters. The van der Waals surface area contributed by atoms with Gasteiger partial charge in [-0.1, -0.05) is 18.2 Å². The molecule has 1 fully saturated rings. The molecule has 1 unspecified atom stereocenters. The number of ether oxygens (including phenoxy) is 1. The van der Waals surface area contributed by atoms with Crippen LogP contribution in [0.15, 0.2) is 59.3 Å². The maximum Gasteiger partial charge on any atom is 0.290 e. The third-order valence-electron chi connectivity index (χ3n) is 4.63. The number of carbonyl (C=O) groups excluding carboxylic acids is 1. The number of carbonyl (C=O) groups is 1. The summed E-state index contributed by atoms with van der Waals surface area (Å²) in [6.07, 6.45) is 6.84. The summed E-state index contributed by atoms with van der Waals surface area (Å²) >= 11 is 0.